The van der Waals surface area contributed by atoms with E-state index in [9.17, 15) is 19.8 Å². The zero-order valence-corrected chi connectivity index (χ0v) is 12.3. The maximum absolute atomic E-state index is 11.4. The molecule has 0 saturated heterocycles. The monoisotopic (exact) mass is 288 g/mol. The number of hydrogen-bond donors (Lipinski definition) is 2. The average Bonchev–Trinajstić information content (AvgIpc) is 2.38. The van der Waals surface area contributed by atoms with Crippen LogP contribution < -0.4 is 0 Å². The lowest BCUT2D eigenvalue weighted by Crippen LogP contribution is -2.15. The molecule has 0 aromatic rings. The van der Waals surface area contributed by atoms with Gasteiger partial charge in [-0.1, -0.05) is 20.8 Å². The summed E-state index contributed by atoms with van der Waals surface area (Å²) in [7, 11) is 0. The molecule has 0 heterocycles. The van der Waals surface area contributed by atoms with Crippen molar-refractivity contribution in [1.29, 1.82) is 0 Å². The molecule has 0 aromatic heterocycles. The maximum atomic E-state index is 11.4. The van der Waals surface area contributed by atoms with E-state index >= 15 is 0 Å². The van der Waals surface area contributed by atoms with Crippen molar-refractivity contribution in [2.24, 2.45) is 0 Å². The van der Waals surface area contributed by atoms with Crippen LogP contribution in [0.4, 0.5) is 0 Å². The minimum absolute atomic E-state index is 0.0861. The van der Waals surface area contributed by atoms with Gasteiger partial charge in [0, 0.05) is 19.3 Å². The summed E-state index contributed by atoms with van der Waals surface area (Å²) in [5.41, 5.74) is 0. The zero-order chi connectivity index (χ0) is 15.5. The first-order chi connectivity index (χ1) is 9.44. The zero-order valence-electron chi connectivity index (χ0n) is 12.3. The van der Waals surface area contributed by atoms with E-state index in [1.165, 1.54) is 0 Å². The van der Waals surface area contributed by atoms with Gasteiger partial charge in [0.25, 0.3) is 0 Å². The van der Waals surface area contributed by atoms with Crippen molar-refractivity contribution in [3.8, 4) is 0 Å². The van der Waals surface area contributed by atoms with Crippen LogP contribution in [0.1, 0.15) is 59.3 Å². The number of hydrogen-bond acceptors (Lipinski definition) is 6. The quantitative estimate of drug-likeness (QED) is 0.500. The Labute approximate surface area is 119 Å². The number of ether oxygens (including phenoxy) is 2. The second-order valence-electron chi connectivity index (χ2n) is 4.44. The van der Waals surface area contributed by atoms with Gasteiger partial charge in [-0.05, 0) is 19.3 Å². The summed E-state index contributed by atoms with van der Waals surface area (Å²) in [6.07, 6.45) is 1.06. The van der Waals surface area contributed by atoms with E-state index in [0.29, 0.717) is 19.3 Å². The van der Waals surface area contributed by atoms with Crippen molar-refractivity contribution in [3.63, 3.8) is 0 Å². The van der Waals surface area contributed by atoms with Crippen molar-refractivity contribution < 1.29 is 29.3 Å². The predicted molar refractivity (Wildman–Crippen MR) is 72.6 cm³/mol. The third-order valence-electron chi connectivity index (χ3n) is 2.49. The molecule has 0 spiro atoms. The van der Waals surface area contributed by atoms with E-state index in [4.69, 9.17) is 4.74 Å². The van der Waals surface area contributed by atoms with Crippen LogP contribution in [-0.2, 0) is 19.1 Å². The van der Waals surface area contributed by atoms with Gasteiger partial charge in [0.1, 0.15) is 0 Å². The molecular weight excluding hydrogens is 264 g/mol. The van der Waals surface area contributed by atoms with Gasteiger partial charge in [-0.15, -0.1) is 0 Å². The van der Waals surface area contributed by atoms with Crippen molar-refractivity contribution in [3.05, 3.63) is 11.7 Å². The molecule has 20 heavy (non-hydrogen) atoms. The third kappa shape index (κ3) is 7.78. The fourth-order valence-corrected chi connectivity index (χ4v) is 1.34. The Hall–Kier alpha value is -1.56. The highest BCUT2D eigenvalue weighted by Gasteiger charge is 2.19. The van der Waals surface area contributed by atoms with Crippen LogP contribution in [0.15, 0.2) is 11.7 Å². The summed E-state index contributed by atoms with van der Waals surface area (Å²) in [6, 6.07) is 0. The molecule has 0 radical (unpaired) electrons. The van der Waals surface area contributed by atoms with Crippen LogP contribution in [0.3, 0.4) is 0 Å². The highest BCUT2D eigenvalue weighted by molar-refractivity contribution is 5.71. The molecule has 1 unspecified atom stereocenters. The summed E-state index contributed by atoms with van der Waals surface area (Å²) < 4.78 is 9.64. The smallest absolute Gasteiger partial charge is 0.325 e. The molecule has 2 N–H and O–H groups in total. The van der Waals surface area contributed by atoms with Gasteiger partial charge in [0.15, 0.2) is 5.76 Å². The summed E-state index contributed by atoms with van der Waals surface area (Å²) >= 11 is 0. The number of rotatable bonds is 9. The Morgan fingerprint density at radius 1 is 1.00 bits per heavy atom. The Kier molecular flexibility index (Phi) is 9.45. The van der Waals surface area contributed by atoms with Crippen LogP contribution in [0, 0.1) is 0 Å². The van der Waals surface area contributed by atoms with E-state index in [-0.39, 0.29) is 25.0 Å². The molecule has 6 nitrogen and oxygen atoms in total. The molecule has 0 rings (SSSR count). The minimum Gasteiger partial charge on any atom is -0.478 e. The van der Waals surface area contributed by atoms with Crippen molar-refractivity contribution in [2.45, 2.75) is 65.4 Å². The molecule has 0 aromatic carbocycles. The minimum atomic E-state index is -0.786. The normalized spacial score (nSPS) is 13.4. The second kappa shape index (κ2) is 10.3. The Balaban J connectivity index is 4.86. The molecule has 0 aliphatic heterocycles. The molecule has 0 amide bonds. The number of esters is 2. The van der Waals surface area contributed by atoms with Gasteiger partial charge in [0.2, 0.25) is 0 Å². The average molecular weight is 288 g/mol. The predicted octanol–water partition coefficient (Wildman–Crippen LogP) is 2.56. The Morgan fingerprint density at radius 2 is 1.50 bits per heavy atom. The number of aliphatic hydroxyl groups is 2. The van der Waals surface area contributed by atoms with Crippen LogP contribution in [0.2, 0.25) is 0 Å². The van der Waals surface area contributed by atoms with Gasteiger partial charge < -0.3 is 19.7 Å². The van der Waals surface area contributed by atoms with E-state index in [0.717, 1.165) is 0 Å². The van der Waals surface area contributed by atoms with Crippen LogP contribution in [0.25, 0.3) is 0 Å². The summed E-state index contributed by atoms with van der Waals surface area (Å²) in [5, 5.41) is 19.3. The van der Waals surface area contributed by atoms with E-state index in [2.05, 4.69) is 4.74 Å². The highest BCUT2D eigenvalue weighted by atomic mass is 16.6. The molecule has 116 valence electrons. The molecule has 1 atom stereocenters. The fraction of sp³-hybridized carbons (Fsp3) is 0.714. The molecule has 0 fully saturated rings. The first kappa shape index (κ1) is 18.4. The fourth-order valence-electron chi connectivity index (χ4n) is 1.34. The van der Waals surface area contributed by atoms with Crippen LogP contribution in [0.5, 0.6) is 0 Å². The van der Waals surface area contributed by atoms with E-state index in [1.807, 2.05) is 6.92 Å². The van der Waals surface area contributed by atoms with E-state index in [1.54, 1.807) is 13.8 Å². The largest absolute Gasteiger partial charge is 0.478 e. The van der Waals surface area contributed by atoms with Crippen molar-refractivity contribution in [2.75, 3.05) is 0 Å². The van der Waals surface area contributed by atoms with Gasteiger partial charge in [-0.2, -0.15) is 0 Å². The molecule has 0 aliphatic rings. The standard InChI is InChI=1S/C14H24O6/c1-4-7-12(16)19-11(9-10(15)6-3)14(18)20-13(17)8-5-2/h10,15,18H,4-9H2,1-3H3/b14-11+. The SMILES string of the molecule is CCCC(=O)O/C(O)=C(\CC(O)CC)OC(=O)CCC. The molecular formula is C14H24O6. The number of aliphatic hydroxyl groups excluding tert-OH is 2. The topological polar surface area (TPSA) is 93.1 Å². The lowest BCUT2D eigenvalue weighted by molar-refractivity contribution is -0.148. The Bertz CT molecular complexity index is 348. The lowest BCUT2D eigenvalue weighted by atomic mass is 10.2. The Morgan fingerprint density at radius 3 is 1.95 bits per heavy atom. The van der Waals surface area contributed by atoms with Gasteiger partial charge in [0.05, 0.1) is 6.10 Å². The number of carbonyl (C=O) groups excluding carboxylic acids is 2. The van der Waals surface area contributed by atoms with Gasteiger partial charge in [-0.3, -0.25) is 9.59 Å². The number of carbonyl (C=O) groups is 2. The molecule has 6 heteroatoms. The maximum Gasteiger partial charge on any atom is 0.325 e. The second-order valence-corrected chi connectivity index (χ2v) is 4.44. The molecule has 0 bridgehead atoms. The van der Waals surface area contributed by atoms with Gasteiger partial charge in [-0.25, -0.2) is 0 Å². The lowest BCUT2D eigenvalue weighted by Gasteiger charge is -2.13. The highest BCUT2D eigenvalue weighted by Crippen LogP contribution is 2.16. The molecule has 0 aliphatic carbocycles. The summed E-state index contributed by atoms with van der Waals surface area (Å²) in [4.78, 5) is 22.8. The van der Waals surface area contributed by atoms with Crippen LogP contribution >= 0.6 is 0 Å². The summed E-state index contributed by atoms with van der Waals surface area (Å²) in [5.74, 6) is -2.11. The van der Waals surface area contributed by atoms with Crippen molar-refractivity contribution >= 4 is 11.9 Å². The van der Waals surface area contributed by atoms with E-state index < -0.39 is 24.0 Å². The summed E-state index contributed by atoms with van der Waals surface area (Å²) in [6.45, 7) is 5.36. The van der Waals surface area contributed by atoms with Gasteiger partial charge >= 0.3 is 17.9 Å². The first-order valence-corrected chi connectivity index (χ1v) is 6.96. The molecule has 0 saturated carbocycles. The van der Waals surface area contributed by atoms with Crippen molar-refractivity contribution in [1.82, 2.24) is 0 Å². The first-order valence-electron chi connectivity index (χ1n) is 6.96. The third-order valence-corrected chi connectivity index (χ3v) is 2.49. The van der Waals surface area contributed by atoms with Crippen LogP contribution in [-0.4, -0.2) is 28.3 Å².